The van der Waals surface area contributed by atoms with Crippen LogP contribution in [-0.2, 0) is 9.59 Å². The van der Waals surface area contributed by atoms with Gasteiger partial charge in [-0.25, -0.2) is 0 Å². The van der Waals surface area contributed by atoms with E-state index < -0.39 is 11.8 Å². The van der Waals surface area contributed by atoms with Crippen LogP contribution in [0, 0.1) is 5.41 Å². The molecule has 0 fully saturated rings. The highest BCUT2D eigenvalue weighted by Gasteiger charge is 2.22. The first-order chi connectivity index (χ1) is 10.2. The van der Waals surface area contributed by atoms with Crippen molar-refractivity contribution in [2.24, 2.45) is 5.41 Å². The van der Waals surface area contributed by atoms with Crippen molar-refractivity contribution in [2.45, 2.75) is 18.7 Å². The molecule has 0 radical (unpaired) electrons. The van der Waals surface area contributed by atoms with Gasteiger partial charge in [-0.2, -0.15) is 0 Å². The summed E-state index contributed by atoms with van der Waals surface area (Å²) in [5.41, 5.74) is 0.526. The van der Waals surface area contributed by atoms with Crippen LogP contribution in [0.25, 0.3) is 0 Å². The summed E-state index contributed by atoms with van der Waals surface area (Å²) in [6.07, 6.45) is 1.96. The maximum atomic E-state index is 11.9. The molecule has 0 aliphatic heterocycles. The molecule has 0 aliphatic rings. The fourth-order valence-electron chi connectivity index (χ4n) is 2.20. The maximum Gasteiger partial charge on any atom is 0.313 e. The molecule has 0 spiro atoms. The first-order valence-electron chi connectivity index (χ1n) is 7.11. The van der Waals surface area contributed by atoms with Gasteiger partial charge < -0.3 is 15.5 Å². The molecule has 122 valence electrons. The second-order valence-corrected chi connectivity index (χ2v) is 7.15. The Bertz CT molecular complexity index is 530. The van der Waals surface area contributed by atoms with Crippen LogP contribution in [0.4, 0.5) is 5.69 Å². The van der Waals surface area contributed by atoms with Gasteiger partial charge in [0, 0.05) is 23.7 Å². The Morgan fingerprint density at radius 2 is 1.91 bits per heavy atom. The Labute approximate surface area is 136 Å². The van der Waals surface area contributed by atoms with Crippen molar-refractivity contribution in [3.63, 3.8) is 0 Å². The number of anilines is 1. The number of carbonyl (C=O) groups excluding carboxylic acids is 2. The monoisotopic (exact) mass is 323 g/mol. The number of rotatable bonds is 6. The van der Waals surface area contributed by atoms with Crippen LogP contribution < -0.4 is 10.6 Å². The lowest BCUT2D eigenvalue weighted by Crippen LogP contribution is -2.43. The van der Waals surface area contributed by atoms with E-state index in [-0.39, 0.29) is 5.41 Å². The van der Waals surface area contributed by atoms with Gasteiger partial charge in [0.2, 0.25) is 0 Å². The lowest BCUT2D eigenvalue weighted by molar-refractivity contribution is -0.136. The van der Waals surface area contributed by atoms with Gasteiger partial charge in [0.25, 0.3) is 0 Å². The minimum absolute atomic E-state index is 0.0990. The van der Waals surface area contributed by atoms with E-state index in [4.69, 9.17) is 0 Å². The van der Waals surface area contributed by atoms with Gasteiger partial charge in [-0.15, -0.1) is 11.8 Å². The number of nitrogens with one attached hydrogen (secondary N) is 2. The van der Waals surface area contributed by atoms with E-state index in [1.54, 1.807) is 17.8 Å². The summed E-state index contributed by atoms with van der Waals surface area (Å²) >= 11 is 1.58. The minimum atomic E-state index is -0.640. The van der Waals surface area contributed by atoms with Crippen LogP contribution in [0.1, 0.15) is 13.8 Å². The molecule has 22 heavy (non-hydrogen) atoms. The number of hydrogen-bond acceptors (Lipinski definition) is 4. The lowest BCUT2D eigenvalue weighted by atomic mass is 9.93. The normalized spacial score (nSPS) is 11.4. The summed E-state index contributed by atoms with van der Waals surface area (Å²) in [7, 11) is 3.96. The van der Waals surface area contributed by atoms with Gasteiger partial charge in [0.15, 0.2) is 0 Å². The van der Waals surface area contributed by atoms with E-state index in [9.17, 15) is 9.59 Å². The molecule has 0 aromatic heterocycles. The van der Waals surface area contributed by atoms with Crippen molar-refractivity contribution in [2.75, 3.05) is 38.8 Å². The standard InChI is InChI=1S/C16H25N3O2S/c1-16(2,11-19(3)4)10-17-14(20)15(21)18-12-7-6-8-13(9-12)22-5/h6-9H,10-11H2,1-5H3,(H,17,20)(H,18,21). The average molecular weight is 323 g/mol. The summed E-state index contributed by atoms with van der Waals surface area (Å²) in [5, 5.41) is 5.31. The summed E-state index contributed by atoms with van der Waals surface area (Å²) in [4.78, 5) is 26.9. The predicted molar refractivity (Wildman–Crippen MR) is 92.2 cm³/mol. The van der Waals surface area contributed by atoms with Gasteiger partial charge in [0.05, 0.1) is 0 Å². The molecule has 0 saturated heterocycles. The number of hydrogen-bond donors (Lipinski definition) is 2. The Morgan fingerprint density at radius 3 is 2.50 bits per heavy atom. The maximum absolute atomic E-state index is 11.9. The minimum Gasteiger partial charge on any atom is -0.347 e. The Kier molecular flexibility index (Phi) is 6.90. The zero-order valence-electron chi connectivity index (χ0n) is 13.9. The molecule has 0 saturated carbocycles. The van der Waals surface area contributed by atoms with Crippen molar-refractivity contribution < 1.29 is 9.59 Å². The zero-order valence-corrected chi connectivity index (χ0v) is 14.7. The van der Waals surface area contributed by atoms with Gasteiger partial charge in [-0.1, -0.05) is 19.9 Å². The molecule has 0 bridgehead atoms. The van der Waals surface area contributed by atoms with Crippen molar-refractivity contribution in [1.82, 2.24) is 10.2 Å². The number of carbonyl (C=O) groups is 2. The highest BCUT2D eigenvalue weighted by atomic mass is 32.2. The molecule has 0 unspecified atom stereocenters. The molecule has 6 heteroatoms. The van der Waals surface area contributed by atoms with Crippen molar-refractivity contribution in [3.8, 4) is 0 Å². The molecule has 2 amide bonds. The van der Waals surface area contributed by atoms with Gasteiger partial charge in [0.1, 0.15) is 0 Å². The van der Waals surface area contributed by atoms with Gasteiger partial charge in [-0.05, 0) is 44.0 Å². The van der Waals surface area contributed by atoms with Crippen LogP contribution in [0.2, 0.25) is 0 Å². The van der Waals surface area contributed by atoms with Crippen LogP contribution in [0.15, 0.2) is 29.2 Å². The third kappa shape index (κ3) is 6.49. The van der Waals surface area contributed by atoms with Crippen molar-refractivity contribution in [3.05, 3.63) is 24.3 Å². The SMILES string of the molecule is CSc1cccc(NC(=O)C(=O)NCC(C)(C)CN(C)C)c1. The second kappa shape index (κ2) is 8.19. The molecule has 2 N–H and O–H groups in total. The molecular formula is C16H25N3O2S. The van der Waals surface area contributed by atoms with Gasteiger partial charge >= 0.3 is 11.8 Å². The number of benzene rings is 1. The number of amides is 2. The molecule has 0 atom stereocenters. The van der Waals surface area contributed by atoms with E-state index in [0.717, 1.165) is 11.4 Å². The molecule has 1 rings (SSSR count). The van der Waals surface area contributed by atoms with E-state index in [1.165, 1.54) is 0 Å². The summed E-state index contributed by atoms with van der Waals surface area (Å²) in [5.74, 6) is -1.25. The predicted octanol–water partition coefficient (Wildman–Crippen LogP) is 2.05. The molecule has 1 aromatic rings. The van der Waals surface area contributed by atoms with Crippen LogP contribution in [0.3, 0.4) is 0 Å². The molecule has 1 aromatic carbocycles. The Balaban J connectivity index is 2.53. The van der Waals surface area contributed by atoms with E-state index in [2.05, 4.69) is 15.5 Å². The fraction of sp³-hybridized carbons (Fsp3) is 0.500. The third-order valence-electron chi connectivity index (χ3n) is 3.01. The first-order valence-corrected chi connectivity index (χ1v) is 8.34. The van der Waals surface area contributed by atoms with E-state index in [0.29, 0.717) is 12.2 Å². The number of thioether (sulfide) groups is 1. The van der Waals surface area contributed by atoms with Crippen LogP contribution in [0.5, 0.6) is 0 Å². The molecular weight excluding hydrogens is 298 g/mol. The summed E-state index contributed by atoms with van der Waals surface area (Å²) in [6, 6.07) is 7.40. The highest BCUT2D eigenvalue weighted by molar-refractivity contribution is 7.98. The Hall–Kier alpha value is -1.53. The van der Waals surface area contributed by atoms with E-state index in [1.807, 2.05) is 52.4 Å². The summed E-state index contributed by atoms with van der Waals surface area (Å²) in [6.45, 7) is 5.37. The van der Waals surface area contributed by atoms with Crippen LogP contribution >= 0.6 is 11.8 Å². The lowest BCUT2D eigenvalue weighted by Gasteiger charge is -2.28. The van der Waals surface area contributed by atoms with Crippen molar-refractivity contribution >= 4 is 29.3 Å². The fourth-order valence-corrected chi connectivity index (χ4v) is 2.66. The molecule has 0 heterocycles. The largest absolute Gasteiger partial charge is 0.347 e. The first kappa shape index (κ1) is 18.5. The smallest absolute Gasteiger partial charge is 0.313 e. The average Bonchev–Trinajstić information content (AvgIpc) is 2.43. The van der Waals surface area contributed by atoms with E-state index >= 15 is 0 Å². The second-order valence-electron chi connectivity index (χ2n) is 6.27. The quantitative estimate of drug-likeness (QED) is 0.621. The summed E-state index contributed by atoms with van der Waals surface area (Å²) < 4.78 is 0. The topological polar surface area (TPSA) is 61.4 Å². The number of nitrogens with zero attached hydrogens (tertiary/aromatic N) is 1. The molecule has 5 nitrogen and oxygen atoms in total. The van der Waals surface area contributed by atoms with Gasteiger partial charge in [-0.3, -0.25) is 9.59 Å². The van der Waals surface area contributed by atoms with Crippen LogP contribution in [-0.4, -0.2) is 50.2 Å². The highest BCUT2D eigenvalue weighted by Crippen LogP contribution is 2.19. The Morgan fingerprint density at radius 1 is 1.23 bits per heavy atom. The zero-order chi connectivity index (χ0) is 16.8. The van der Waals surface area contributed by atoms with Crippen molar-refractivity contribution in [1.29, 1.82) is 0 Å². The third-order valence-corrected chi connectivity index (χ3v) is 3.73. The molecule has 0 aliphatic carbocycles.